The molecule has 0 bridgehead atoms. The van der Waals surface area contributed by atoms with Gasteiger partial charge >= 0.3 is 0 Å². The highest BCUT2D eigenvalue weighted by atomic mass is 35.5. The van der Waals surface area contributed by atoms with Crippen LogP contribution in [0.15, 0.2) is 42.5 Å². The molecule has 1 aromatic carbocycles. The summed E-state index contributed by atoms with van der Waals surface area (Å²) in [6.07, 6.45) is 0.803. The molecule has 3 rings (SSSR count). The largest absolute Gasteiger partial charge is 0.374 e. The van der Waals surface area contributed by atoms with E-state index in [1.165, 1.54) is 5.56 Å². The Kier molecular flexibility index (Phi) is 4.94. The topological polar surface area (TPSA) is 42.4 Å². The summed E-state index contributed by atoms with van der Waals surface area (Å²) >= 11 is 6.12. The van der Waals surface area contributed by atoms with Crippen LogP contribution in [0, 0.1) is 6.92 Å². The fourth-order valence-corrected chi connectivity index (χ4v) is 3.04. The molecule has 4 nitrogen and oxygen atoms in total. The number of halogens is 1. The molecule has 2 heterocycles. The first kappa shape index (κ1) is 16.0. The average Bonchev–Trinajstić information content (AvgIpc) is 2.55. The van der Waals surface area contributed by atoms with Crippen molar-refractivity contribution in [1.29, 1.82) is 0 Å². The standard InChI is InChI=1S/C18H19ClN2O2/c1-13-7-8-16(17(19)20-13)18(22)21-9-10-23-15(12-21)11-14-5-3-2-4-6-14/h2-8,15H,9-12H2,1H3. The smallest absolute Gasteiger partial charge is 0.257 e. The lowest BCUT2D eigenvalue weighted by Gasteiger charge is -2.33. The van der Waals surface area contributed by atoms with Gasteiger partial charge in [-0.15, -0.1) is 0 Å². The Labute approximate surface area is 141 Å². The molecule has 1 saturated heterocycles. The number of rotatable bonds is 3. The Bertz CT molecular complexity index is 691. The maximum Gasteiger partial charge on any atom is 0.257 e. The molecule has 0 saturated carbocycles. The number of pyridine rings is 1. The highest BCUT2D eigenvalue weighted by Crippen LogP contribution is 2.19. The van der Waals surface area contributed by atoms with Crippen molar-refractivity contribution in [3.05, 3.63) is 64.4 Å². The molecule has 1 aromatic heterocycles. The van der Waals surface area contributed by atoms with E-state index in [0.717, 1.165) is 12.1 Å². The first-order chi connectivity index (χ1) is 11.1. The van der Waals surface area contributed by atoms with Gasteiger partial charge in [-0.1, -0.05) is 41.9 Å². The minimum atomic E-state index is -0.0798. The van der Waals surface area contributed by atoms with Crippen LogP contribution in [-0.2, 0) is 11.2 Å². The number of ether oxygens (including phenoxy) is 1. The Morgan fingerprint density at radius 2 is 2.09 bits per heavy atom. The molecule has 23 heavy (non-hydrogen) atoms. The van der Waals surface area contributed by atoms with Crippen LogP contribution in [0.25, 0.3) is 0 Å². The van der Waals surface area contributed by atoms with Crippen molar-refractivity contribution < 1.29 is 9.53 Å². The number of carbonyl (C=O) groups excluding carboxylic acids is 1. The maximum absolute atomic E-state index is 12.7. The number of aryl methyl sites for hydroxylation is 1. The number of carbonyl (C=O) groups is 1. The van der Waals surface area contributed by atoms with E-state index >= 15 is 0 Å². The third kappa shape index (κ3) is 3.89. The van der Waals surface area contributed by atoms with Crippen molar-refractivity contribution >= 4 is 17.5 Å². The second-order valence-corrected chi connectivity index (χ2v) is 6.08. The fourth-order valence-electron chi connectivity index (χ4n) is 2.76. The van der Waals surface area contributed by atoms with Gasteiger partial charge in [-0.05, 0) is 24.6 Å². The molecule has 0 aliphatic carbocycles. The SMILES string of the molecule is Cc1ccc(C(=O)N2CCOC(Cc3ccccc3)C2)c(Cl)n1. The summed E-state index contributed by atoms with van der Waals surface area (Å²) < 4.78 is 5.81. The minimum absolute atomic E-state index is 0.00674. The summed E-state index contributed by atoms with van der Waals surface area (Å²) in [5.74, 6) is -0.0798. The van der Waals surface area contributed by atoms with Gasteiger partial charge < -0.3 is 9.64 Å². The zero-order chi connectivity index (χ0) is 16.2. The van der Waals surface area contributed by atoms with Gasteiger partial charge in [0.05, 0.1) is 18.3 Å². The van der Waals surface area contributed by atoms with E-state index < -0.39 is 0 Å². The summed E-state index contributed by atoms with van der Waals surface area (Å²) in [5, 5.41) is 0.265. The van der Waals surface area contributed by atoms with E-state index in [-0.39, 0.29) is 17.2 Å². The highest BCUT2D eigenvalue weighted by molar-refractivity contribution is 6.32. The number of hydrogen-bond acceptors (Lipinski definition) is 3. The molecular weight excluding hydrogens is 312 g/mol. The van der Waals surface area contributed by atoms with Crippen LogP contribution in [0.5, 0.6) is 0 Å². The molecule has 2 aromatic rings. The molecule has 1 amide bonds. The van der Waals surface area contributed by atoms with Crippen molar-refractivity contribution in [2.45, 2.75) is 19.4 Å². The summed E-state index contributed by atoms with van der Waals surface area (Å²) in [6, 6.07) is 13.7. The molecule has 120 valence electrons. The van der Waals surface area contributed by atoms with Crippen LogP contribution < -0.4 is 0 Å². The van der Waals surface area contributed by atoms with Crippen LogP contribution in [0.3, 0.4) is 0 Å². The summed E-state index contributed by atoms with van der Waals surface area (Å²) in [5.41, 5.74) is 2.47. The van der Waals surface area contributed by atoms with Crippen molar-refractivity contribution in [2.24, 2.45) is 0 Å². The quantitative estimate of drug-likeness (QED) is 0.812. The molecular formula is C18H19ClN2O2. The van der Waals surface area contributed by atoms with Gasteiger partial charge in [0.25, 0.3) is 5.91 Å². The predicted octanol–water partition coefficient (Wildman–Crippen LogP) is 3.13. The minimum Gasteiger partial charge on any atom is -0.374 e. The van der Waals surface area contributed by atoms with E-state index in [4.69, 9.17) is 16.3 Å². The van der Waals surface area contributed by atoms with Gasteiger partial charge in [-0.2, -0.15) is 0 Å². The van der Waals surface area contributed by atoms with E-state index in [0.29, 0.717) is 25.3 Å². The first-order valence-corrected chi connectivity index (χ1v) is 8.09. The van der Waals surface area contributed by atoms with Crippen LogP contribution in [-0.4, -0.2) is 41.6 Å². The molecule has 0 N–H and O–H groups in total. The van der Waals surface area contributed by atoms with Gasteiger partial charge in [-0.25, -0.2) is 4.98 Å². The Morgan fingerprint density at radius 3 is 2.83 bits per heavy atom. The average molecular weight is 331 g/mol. The van der Waals surface area contributed by atoms with Crippen LogP contribution >= 0.6 is 11.6 Å². The van der Waals surface area contributed by atoms with E-state index in [9.17, 15) is 4.79 Å². The van der Waals surface area contributed by atoms with Crippen LogP contribution in [0.1, 0.15) is 21.6 Å². The number of aromatic nitrogens is 1. The van der Waals surface area contributed by atoms with Crippen LogP contribution in [0.2, 0.25) is 5.15 Å². The zero-order valence-electron chi connectivity index (χ0n) is 13.0. The Hall–Kier alpha value is -1.91. The predicted molar refractivity (Wildman–Crippen MR) is 89.8 cm³/mol. The number of benzene rings is 1. The summed E-state index contributed by atoms with van der Waals surface area (Å²) in [6.45, 7) is 3.54. The fraction of sp³-hybridized carbons (Fsp3) is 0.333. The number of hydrogen-bond donors (Lipinski definition) is 0. The van der Waals surface area contributed by atoms with Crippen molar-refractivity contribution in [1.82, 2.24) is 9.88 Å². The van der Waals surface area contributed by atoms with E-state index in [1.54, 1.807) is 17.0 Å². The summed E-state index contributed by atoms with van der Waals surface area (Å²) in [7, 11) is 0. The lowest BCUT2D eigenvalue weighted by molar-refractivity contribution is -0.0208. The van der Waals surface area contributed by atoms with E-state index in [2.05, 4.69) is 17.1 Å². The van der Waals surface area contributed by atoms with E-state index in [1.807, 2.05) is 25.1 Å². The molecule has 1 aliphatic heterocycles. The molecule has 1 fully saturated rings. The normalized spacial score (nSPS) is 18.0. The number of amides is 1. The first-order valence-electron chi connectivity index (χ1n) is 7.71. The third-order valence-corrected chi connectivity index (χ3v) is 4.24. The van der Waals surface area contributed by atoms with Crippen molar-refractivity contribution in [3.63, 3.8) is 0 Å². The lowest BCUT2D eigenvalue weighted by atomic mass is 10.1. The Morgan fingerprint density at radius 1 is 1.30 bits per heavy atom. The Balaban J connectivity index is 1.69. The monoisotopic (exact) mass is 330 g/mol. The number of morpholine rings is 1. The molecule has 1 unspecified atom stereocenters. The number of nitrogens with zero attached hydrogens (tertiary/aromatic N) is 2. The van der Waals surface area contributed by atoms with Crippen molar-refractivity contribution in [3.8, 4) is 0 Å². The second-order valence-electron chi connectivity index (χ2n) is 5.72. The van der Waals surface area contributed by atoms with Crippen LogP contribution in [0.4, 0.5) is 0 Å². The molecule has 5 heteroatoms. The summed E-state index contributed by atoms with van der Waals surface area (Å²) in [4.78, 5) is 18.6. The molecule has 0 spiro atoms. The molecule has 0 radical (unpaired) electrons. The van der Waals surface area contributed by atoms with Gasteiger partial charge in [0.15, 0.2) is 0 Å². The van der Waals surface area contributed by atoms with Gasteiger partial charge in [-0.3, -0.25) is 4.79 Å². The maximum atomic E-state index is 12.7. The highest BCUT2D eigenvalue weighted by Gasteiger charge is 2.26. The van der Waals surface area contributed by atoms with Gasteiger partial charge in [0.1, 0.15) is 5.15 Å². The molecule has 1 aliphatic rings. The van der Waals surface area contributed by atoms with Gasteiger partial charge in [0.2, 0.25) is 0 Å². The second kappa shape index (κ2) is 7.11. The lowest BCUT2D eigenvalue weighted by Crippen LogP contribution is -2.46. The molecule has 1 atom stereocenters. The van der Waals surface area contributed by atoms with Gasteiger partial charge in [0, 0.05) is 25.2 Å². The van der Waals surface area contributed by atoms with Crippen molar-refractivity contribution in [2.75, 3.05) is 19.7 Å². The third-order valence-electron chi connectivity index (χ3n) is 3.95. The zero-order valence-corrected chi connectivity index (χ0v) is 13.8.